The van der Waals surface area contributed by atoms with E-state index in [2.05, 4.69) is 10.5 Å². The average Bonchev–Trinajstić information content (AvgIpc) is 2.83. The molecule has 0 saturated carbocycles. The summed E-state index contributed by atoms with van der Waals surface area (Å²) < 4.78 is 10.5. The summed E-state index contributed by atoms with van der Waals surface area (Å²) >= 11 is 6.01. The molecule has 0 aliphatic rings. The molecule has 2 aromatic rings. The van der Waals surface area contributed by atoms with Crippen LogP contribution in [-0.2, 0) is 4.79 Å². The largest absolute Gasteiger partial charge is 0.479 e. The van der Waals surface area contributed by atoms with Crippen LogP contribution >= 0.6 is 11.6 Å². The quantitative estimate of drug-likeness (QED) is 0.917. The van der Waals surface area contributed by atoms with Crippen molar-refractivity contribution in [3.8, 4) is 5.75 Å². The standard InChI is InChI=1S/C14H15ClN2O3/c1-3-11(19-12-7-5-4-6-10(12)15)14(18)16-13-8-9(2)20-17-13/h4-8,11H,3H2,1-2H3,(H,16,17,18)/t11-/m1/s1. The van der Waals surface area contributed by atoms with Gasteiger partial charge in [0.15, 0.2) is 11.9 Å². The van der Waals surface area contributed by atoms with Crippen molar-refractivity contribution < 1.29 is 14.1 Å². The minimum atomic E-state index is -0.646. The van der Waals surface area contributed by atoms with Gasteiger partial charge in [0, 0.05) is 6.07 Å². The molecular weight excluding hydrogens is 280 g/mol. The number of ether oxygens (including phenoxy) is 1. The Kier molecular flexibility index (Phi) is 4.63. The molecule has 1 aromatic heterocycles. The van der Waals surface area contributed by atoms with Crippen molar-refractivity contribution >= 4 is 23.3 Å². The van der Waals surface area contributed by atoms with Crippen molar-refractivity contribution in [1.82, 2.24) is 5.16 Å². The number of halogens is 1. The molecule has 0 fully saturated rings. The number of rotatable bonds is 5. The number of carbonyl (C=O) groups excluding carboxylic acids is 1. The Morgan fingerprint density at radius 2 is 2.25 bits per heavy atom. The first-order valence-corrected chi connectivity index (χ1v) is 6.63. The van der Waals surface area contributed by atoms with Crippen molar-refractivity contribution in [2.45, 2.75) is 26.4 Å². The van der Waals surface area contributed by atoms with Crippen LogP contribution in [0.25, 0.3) is 0 Å². The van der Waals surface area contributed by atoms with Gasteiger partial charge in [-0.1, -0.05) is 35.8 Å². The molecule has 0 unspecified atom stereocenters. The molecule has 1 amide bonds. The molecule has 0 saturated heterocycles. The van der Waals surface area contributed by atoms with Gasteiger partial charge >= 0.3 is 0 Å². The maximum Gasteiger partial charge on any atom is 0.266 e. The fourth-order valence-corrected chi connectivity index (χ4v) is 1.83. The molecule has 1 N–H and O–H groups in total. The zero-order valence-electron chi connectivity index (χ0n) is 11.2. The third kappa shape index (κ3) is 3.51. The SMILES string of the molecule is CC[C@@H](Oc1ccccc1Cl)C(=O)Nc1cc(C)on1. The third-order valence-electron chi connectivity index (χ3n) is 2.65. The van der Waals surface area contributed by atoms with Gasteiger partial charge in [-0.05, 0) is 25.5 Å². The van der Waals surface area contributed by atoms with Crippen LogP contribution in [-0.4, -0.2) is 17.2 Å². The molecule has 1 atom stereocenters. The Morgan fingerprint density at radius 3 is 2.85 bits per heavy atom. The van der Waals surface area contributed by atoms with Gasteiger partial charge in [-0.3, -0.25) is 4.79 Å². The molecular formula is C14H15ClN2O3. The second-order valence-electron chi connectivity index (χ2n) is 4.26. The van der Waals surface area contributed by atoms with Crippen LogP contribution in [0.4, 0.5) is 5.82 Å². The number of aryl methyl sites for hydroxylation is 1. The van der Waals surface area contributed by atoms with E-state index in [1.54, 1.807) is 37.3 Å². The molecule has 6 heteroatoms. The zero-order valence-corrected chi connectivity index (χ0v) is 12.0. The van der Waals surface area contributed by atoms with Gasteiger partial charge in [-0.15, -0.1) is 0 Å². The first-order valence-electron chi connectivity index (χ1n) is 6.25. The van der Waals surface area contributed by atoms with E-state index in [1.165, 1.54) is 0 Å². The monoisotopic (exact) mass is 294 g/mol. The predicted molar refractivity (Wildman–Crippen MR) is 76.0 cm³/mol. The van der Waals surface area contributed by atoms with Gasteiger partial charge in [0.1, 0.15) is 11.5 Å². The lowest BCUT2D eigenvalue weighted by Crippen LogP contribution is -2.32. The lowest BCUT2D eigenvalue weighted by atomic mass is 10.2. The van der Waals surface area contributed by atoms with Crippen LogP contribution in [0.3, 0.4) is 0 Å². The van der Waals surface area contributed by atoms with Gasteiger partial charge in [-0.25, -0.2) is 0 Å². The summed E-state index contributed by atoms with van der Waals surface area (Å²) in [5.74, 6) is 1.18. The fourth-order valence-electron chi connectivity index (χ4n) is 1.65. The lowest BCUT2D eigenvalue weighted by molar-refractivity contribution is -0.122. The van der Waals surface area contributed by atoms with Gasteiger partial charge in [-0.2, -0.15) is 0 Å². The van der Waals surface area contributed by atoms with E-state index >= 15 is 0 Å². The van der Waals surface area contributed by atoms with E-state index in [-0.39, 0.29) is 5.91 Å². The lowest BCUT2D eigenvalue weighted by Gasteiger charge is -2.17. The van der Waals surface area contributed by atoms with Crippen molar-refractivity contribution in [2.75, 3.05) is 5.32 Å². The van der Waals surface area contributed by atoms with Gasteiger partial charge in [0.05, 0.1) is 5.02 Å². The molecule has 5 nitrogen and oxygen atoms in total. The highest BCUT2D eigenvalue weighted by atomic mass is 35.5. The van der Waals surface area contributed by atoms with Crippen molar-refractivity contribution in [1.29, 1.82) is 0 Å². The van der Waals surface area contributed by atoms with Crippen LogP contribution in [0.15, 0.2) is 34.9 Å². The average molecular weight is 295 g/mol. The molecule has 0 spiro atoms. The van der Waals surface area contributed by atoms with Crippen LogP contribution in [0.2, 0.25) is 5.02 Å². The summed E-state index contributed by atoms with van der Waals surface area (Å²) in [5, 5.41) is 6.82. The Morgan fingerprint density at radius 1 is 1.50 bits per heavy atom. The van der Waals surface area contributed by atoms with Crippen molar-refractivity contribution in [2.24, 2.45) is 0 Å². The molecule has 20 heavy (non-hydrogen) atoms. The summed E-state index contributed by atoms with van der Waals surface area (Å²) in [7, 11) is 0. The molecule has 106 valence electrons. The van der Waals surface area contributed by atoms with E-state index in [0.717, 1.165) is 0 Å². The molecule has 0 radical (unpaired) electrons. The van der Waals surface area contributed by atoms with Gasteiger partial charge < -0.3 is 14.6 Å². The van der Waals surface area contributed by atoms with Crippen molar-refractivity contribution in [3.63, 3.8) is 0 Å². The maximum absolute atomic E-state index is 12.1. The first-order chi connectivity index (χ1) is 9.60. The number of nitrogens with one attached hydrogen (secondary N) is 1. The highest BCUT2D eigenvalue weighted by molar-refractivity contribution is 6.32. The summed E-state index contributed by atoms with van der Waals surface area (Å²) in [6.07, 6.45) is -0.139. The number of hydrogen-bond acceptors (Lipinski definition) is 4. The minimum absolute atomic E-state index is 0.291. The number of aromatic nitrogens is 1. The number of amides is 1. The Bertz CT molecular complexity index is 598. The summed E-state index contributed by atoms with van der Waals surface area (Å²) in [6.45, 7) is 3.61. The van der Waals surface area contributed by atoms with E-state index in [0.29, 0.717) is 28.8 Å². The smallest absolute Gasteiger partial charge is 0.266 e. The van der Waals surface area contributed by atoms with E-state index in [4.69, 9.17) is 20.9 Å². The topological polar surface area (TPSA) is 64.4 Å². The molecule has 1 aromatic carbocycles. The van der Waals surface area contributed by atoms with E-state index in [1.807, 2.05) is 6.92 Å². The molecule has 0 aliphatic carbocycles. The molecule has 0 bridgehead atoms. The Labute approximate surface area is 121 Å². The fraction of sp³-hybridized carbons (Fsp3) is 0.286. The number of hydrogen-bond donors (Lipinski definition) is 1. The second-order valence-corrected chi connectivity index (χ2v) is 4.66. The first kappa shape index (κ1) is 14.4. The zero-order chi connectivity index (χ0) is 14.5. The number of nitrogens with zero attached hydrogens (tertiary/aromatic N) is 1. The molecule has 1 heterocycles. The van der Waals surface area contributed by atoms with E-state index in [9.17, 15) is 4.79 Å². The predicted octanol–water partition coefficient (Wildman–Crippen LogP) is 3.43. The van der Waals surface area contributed by atoms with Crippen LogP contribution < -0.4 is 10.1 Å². The number of benzene rings is 1. The minimum Gasteiger partial charge on any atom is -0.479 e. The Hall–Kier alpha value is -2.01. The highest BCUT2D eigenvalue weighted by Crippen LogP contribution is 2.25. The normalized spacial score (nSPS) is 11.9. The summed E-state index contributed by atoms with van der Waals surface area (Å²) in [5.41, 5.74) is 0. The summed E-state index contributed by atoms with van der Waals surface area (Å²) in [4.78, 5) is 12.1. The van der Waals surface area contributed by atoms with Gasteiger partial charge in [0.25, 0.3) is 5.91 Å². The Balaban J connectivity index is 2.04. The van der Waals surface area contributed by atoms with Crippen molar-refractivity contribution in [3.05, 3.63) is 41.1 Å². The number of anilines is 1. The maximum atomic E-state index is 12.1. The highest BCUT2D eigenvalue weighted by Gasteiger charge is 2.20. The van der Waals surface area contributed by atoms with Crippen LogP contribution in [0.1, 0.15) is 19.1 Å². The third-order valence-corrected chi connectivity index (χ3v) is 2.96. The summed E-state index contributed by atoms with van der Waals surface area (Å²) in [6, 6.07) is 8.67. The molecule has 0 aliphatic heterocycles. The van der Waals surface area contributed by atoms with Gasteiger partial charge in [0.2, 0.25) is 0 Å². The van der Waals surface area contributed by atoms with E-state index < -0.39 is 6.10 Å². The number of para-hydroxylation sites is 1. The van der Waals surface area contributed by atoms with Crippen LogP contribution in [0, 0.1) is 6.92 Å². The number of carbonyl (C=O) groups is 1. The molecule has 2 rings (SSSR count). The second kappa shape index (κ2) is 6.43. The van der Waals surface area contributed by atoms with Crippen LogP contribution in [0.5, 0.6) is 5.75 Å².